The maximum atomic E-state index is 8.96. The number of aromatic nitrogens is 1. The number of hydrogen-bond acceptors (Lipinski definition) is 4. The minimum absolute atomic E-state index is 0.256. The summed E-state index contributed by atoms with van der Waals surface area (Å²) in [7, 11) is 0. The minimum atomic E-state index is -0.308. The molecule has 0 bridgehead atoms. The lowest BCUT2D eigenvalue weighted by Gasteiger charge is -2.20. The predicted octanol–water partition coefficient (Wildman–Crippen LogP) is 2.67. The Morgan fingerprint density at radius 3 is 2.65 bits per heavy atom. The fraction of sp³-hybridized carbons (Fsp3) is 0.538. The van der Waals surface area contributed by atoms with Gasteiger partial charge in [0.2, 0.25) is 5.88 Å². The van der Waals surface area contributed by atoms with E-state index >= 15 is 0 Å². The highest BCUT2D eigenvalue weighted by Crippen LogP contribution is 2.31. The van der Waals surface area contributed by atoms with Crippen molar-refractivity contribution < 1.29 is 9.47 Å². The number of rotatable bonds is 3. The molecule has 0 N–H and O–H groups in total. The van der Waals surface area contributed by atoms with E-state index in [1.165, 1.54) is 6.20 Å². The van der Waals surface area contributed by atoms with Crippen molar-refractivity contribution in [1.29, 1.82) is 5.26 Å². The fourth-order valence-corrected chi connectivity index (χ4v) is 1.34. The number of nitrogens with zero attached hydrogens (tertiary/aromatic N) is 2. The Kier molecular flexibility index (Phi) is 2.93. The van der Waals surface area contributed by atoms with Crippen molar-refractivity contribution in [3.8, 4) is 17.7 Å². The summed E-state index contributed by atoms with van der Waals surface area (Å²) in [4.78, 5) is 4.10. The van der Waals surface area contributed by atoms with Gasteiger partial charge in [-0.2, -0.15) is 5.26 Å². The normalized spacial score (nSPS) is 15.2. The van der Waals surface area contributed by atoms with Crippen LogP contribution in [0.5, 0.6) is 11.6 Å². The van der Waals surface area contributed by atoms with Gasteiger partial charge in [-0.15, -0.1) is 0 Å². The summed E-state index contributed by atoms with van der Waals surface area (Å²) < 4.78 is 11.3. The number of hydrogen-bond donors (Lipinski definition) is 0. The molecule has 0 atom stereocenters. The average Bonchev–Trinajstić information content (AvgIpc) is 3.00. The third-order valence-corrected chi connectivity index (χ3v) is 2.19. The average molecular weight is 232 g/mol. The smallest absolute Gasteiger partial charge is 0.217 e. The predicted molar refractivity (Wildman–Crippen MR) is 63.0 cm³/mol. The van der Waals surface area contributed by atoms with E-state index in [0.29, 0.717) is 17.2 Å². The molecule has 0 spiro atoms. The largest absolute Gasteiger partial charge is 0.489 e. The van der Waals surface area contributed by atoms with Gasteiger partial charge in [-0.25, -0.2) is 4.98 Å². The number of pyridine rings is 1. The van der Waals surface area contributed by atoms with Crippen LogP contribution >= 0.6 is 0 Å². The molecule has 1 aromatic heterocycles. The molecule has 1 fully saturated rings. The lowest BCUT2D eigenvalue weighted by atomic mass is 10.2. The van der Waals surface area contributed by atoms with Crippen LogP contribution in [0, 0.1) is 11.3 Å². The zero-order valence-corrected chi connectivity index (χ0v) is 10.4. The molecule has 1 aromatic rings. The van der Waals surface area contributed by atoms with Crippen molar-refractivity contribution in [2.24, 2.45) is 0 Å². The van der Waals surface area contributed by atoms with Crippen LogP contribution in [0.15, 0.2) is 12.3 Å². The van der Waals surface area contributed by atoms with Gasteiger partial charge in [0.15, 0.2) is 0 Å². The first-order valence-corrected chi connectivity index (χ1v) is 5.74. The summed E-state index contributed by atoms with van der Waals surface area (Å²) in [5.41, 5.74) is 0.149. The Labute approximate surface area is 101 Å². The van der Waals surface area contributed by atoms with E-state index in [-0.39, 0.29) is 11.7 Å². The summed E-state index contributed by atoms with van der Waals surface area (Å²) in [6, 6.07) is 3.77. The molecule has 2 rings (SSSR count). The van der Waals surface area contributed by atoms with Crippen LogP contribution in [0.1, 0.15) is 39.2 Å². The van der Waals surface area contributed by atoms with Gasteiger partial charge in [0.25, 0.3) is 0 Å². The van der Waals surface area contributed by atoms with Crippen molar-refractivity contribution in [3.05, 3.63) is 17.8 Å². The highest BCUT2D eigenvalue weighted by Gasteiger charge is 2.25. The quantitative estimate of drug-likeness (QED) is 0.804. The topological polar surface area (TPSA) is 55.1 Å². The highest BCUT2D eigenvalue weighted by molar-refractivity contribution is 5.44. The van der Waals surface area contributed by atoms with Gasteiger partial charge < -0.3 is 9.47 Å². The van der Waals surface area contributed by atoms with Crippen LogP contribution in [0.4, 0.5) is 0 Å². The molecule has 0 aromatic carbocycles. The zero-order valence-electron chi connectivity index (χ0n) is 10.4. The summed E-state index contributed by atoms with van der Waals surface area (Å²) in [6.45, 7) is 5.86. The highest BCUT2D eigenvalue weighted by atomic mass is 16.5. The molecule has 17 heavy (non-hydrogen) atoms. The summed E-state index contributed by atoms with van der Waals surface area (Å²) in [6.07, 6.45) is 3.87. The Bertz CT molecular complexity index is 453. The SMILES string of the molecule is CC(C)(C)Oc1cc(OC2CC2)c(C#N)cn1. The van der Waals surface area contributed by atoms with E-state index in [1.807, 2.05) is 20.8 Å². The van der Waals surface area contributed by atoms with Crippen LogP contribution < -0.4 is 9.47 Å². The van der Waals surface area contributed by atoms with Gasteiger partial charge in [0.1, 0.15) is 23.0 Å². The third-order valence-electron chi connectivity index (χ3n) is 2.19. The molecular weight excluding hydrogens is 216 g/mol. The van der Waals surface area contributed by atoms with Gasteiger partial charge >= 0.3 is 0 Å². The molecule has 0 unspecified atom stereocenters. The van der Waals surface area contributed by atoms with Crippen LogP contribution in [0.25, 0.3) is 0 Å². The summed E-state index contributed by atoms with van der Waals surface area (Å²) in [5, 5.41) is 8.96. The van der Waals surface area contributed by atoms with E-state index in [4.69, 9.17) is 14.7 Å². The Hall–Kier alpha value is -1.76. The fourth-order valence-electron chi connectivity index (χ4n) is 1.34. The first-order chi connectivity index (χ1) is 7.98. The molecule has 1 heterocycles. The molecule has 0 amide bonds. The van der Waals surface area contributed by atoms with E-state index in [2.05, 4.69) is 11.1 Å². The van der Waals surface area contributed by atoms with Crippen LogP contribution in [-0.2, 0) is 0 Å². The maximum Gasteiger partial charge on any atom is 0.217 e. The van der Waals surface area contributed by atoms with Crippen LogP contribution in [0.2, 0.25) is 0 Å². The van der Waals surface area contributed by atoms with Crippen molar-refractivity contribution >= 4 is 0 Å². The standard InChI is InChI=1S/C13H16N2O2/c1-13(2,3)17-12-6-11(16-10-4-5-10)9(7-14)8-15-12/h6,8,10H,4-5H2,1-3H3. The summed E-state index contributed by atoms with van der Waals surface area (Å²) in [5.74, 6) is 1.07. The third kappa shape index (κ3) is 3.35. The molecule has 90 valence electrons. The molecule has 1 aliphatic rings. The lowest BCUT2D eigenvalue weighted by Crippen LogP contribution is -2.23. The first-order valence-electron chi connectivity index (χ1n) is 5.74. The molecule has 0 saturated heterocycles. The van der Waals surface area contributed by atoms with Crippen LogP contribution in [-0.4, -0.2) is 16.7 Å². The van der Waals surface area contributed by atoms with Gasteiger partial charge in [0.05, 0.1) is 12.3 Å². The second kappa shape index (κ2) is 4.25. The molecule has 1 saturated carbocycles. The van der Waals surface area contributed by atoms with Gasteiger partial charge in [-0.1, -0.05) is 0 Å². The van der Waals surface area contributed by atoms with Crippen molar-refractivity contribution in [2.75, 3.05) is 0 Å². The lowest BCUT2D eigenvalue weighted by molar-refractivity contribution is 0.123. The molecule has 4 heteroatoms. The van der Waals surface area contributed by atoms with Gasteiger partial charge in [-0.3, -0.25) is 0 Å². The van der Waals surface area contributed by atoms with Crippen molar-refractivity contribution in [3.63, 3.8) is 0 Å². The Morgan fingerprint density at radius 2 is 2.12 bits per heavy atom. The van der Waals surface area contributed by atoms with Crippen LogP contribution in [0.3, 0.4) is 0 Å². The number of nitriles is 1. The van der Waals surface area contributed by atoms with E-state index in [1.54, 1.807) is 6.07 Å². The van der Waals surface area contributed by atoms with E-state index in [0.717, 1.165) is 12.8 Å². The van der Waals surface area contributed by atoms with Gasteiger partial charge in [0, 0.05) is 6.07 Å². The molecular formula is C13H16N2O2. The molecule has 0 aliphatic heterocycles. The monoisotopic (exact) mass is 232 g/mol. The Balaban J connectivity index is 2.21. The van der Waals surface area contributed by atoms with E-state index < -0.39 is 0 Å². The first kappa shape index (κ1) is 11.7. The Morgan fingerprint density at radius 1 is 1.41 bits per heavy atom. The second-order valence-electron chi connectivity index (χ2n) is 5.16. The number of ether oxygens (including phenoxy) is 2. The summed E-state index contributed by atoms with van der Waals surface area (Å²) >= 11 is 0. The molecule has 1 aliphatic carbocycles. The van der Waals surface area contributed by atoms with E-state index in [9.17, 15) is 0 Å². The maximum absolute atomic E-state index is 8.96. The zero-order chi connectivity index (χ0) is 12.5. The minimum Gasteiger partial charge on any atom is -0.489 e. The van der Waals surface area contributed by atoms with Crippen molar-refractivity contribution in [2.45, 2.75) is 45.3 Å². The van der Waals surface area contributed by atoms with Crippen molar-refractivity contribution in [1.82, 2.24) is 4.98 Å². The van der Waals surface area contributed by atoms with Gasteiger partial charge in [-0.05, 0) is 33.6 Å². The molecule has 4 nitrogen and oxygen atoms in total. The second-order valence-corrected chi connectivity index (χ2v) is 5.16. The molecule has 0 radical (unpaired) electrons.